The zero-order chi connectivity index (χ0) is 17.1. The summed E-state index contributed by atoms with van der Waals surface area (Å²) in [7, 11) is 1.43. The molecule has 0 unspecified atom stereocenters. The van der Waals surface area contributed by atoms with Crippen LogP contribution in [0.2, 0.25) is 0 Å². The minimum Gasteiger partial charge on any atom is -0.469 e. The smallest absolute Gasteiger partial charge is 0.305 e. The molecular formula is C18H29N3O2. The molecule has 0 aromatic heterocycles. The number of unbranched alkanes of at least 4 members (excludes halogenated alkanes) is 4. The number of anilines is 1. The molecule has 23 heavy (non-hydrogen) atoms. The molecule has 0 saturated carbocycles. The number of esters is 1. The molecule has 0 fully saturated rings. The fourth-order valence-electron chi connectivity index (χ4n) is 2.45. The summed E-state index contributed by atoms with van der Waals surface area (Å²) in [5.74, 6) is 0.334. The van der Waals surface area contributed by atoms with Gasteiger partial charge in [-0.15, -0.1) is 0 Å². The number of carbonyl (C=O) groups excluding carboxylic acids is 1. The summed E-state index contributed by atoms with van der Waals surface area (Å²) < 4.78 is 4.61. The highest BCUT2D eigenvalue weighted by Gasteiger charge is 2.00. The Hall–Kier alpha value is -2.04. The van der Waals surface area contributed by atoms with Gasteiger partial charge in [-0.25, -0.2) is 0 Å². The zero-order valence-corrected chi connectivity index (χ0v) is 14.5. The lowest BCUT2D eigenvalue weighted by Crippen LogP contribution is -2.23. The van der Waals surface area contributed by atoms with Crippen molar-refractivity contribution in [2.45, 2.75) is 52.4 Å². The minimum absolute atomic E-state index is 0.125. The number of nitrogens with one attached hydrogen (secondary N) is 1. The van der Waals surface area contributed by atoms with E-state index in [0.29, 0.717) is 12.4 Å². The van der Waals surface area contributed by atoms with Crippen LogP contribution in [0.4, 0.5) is 5.69 Å². The molecule has 128 valence electrons. The highest BCUT2D eigenvalue weighted by molar-refractivity contribution is 5.92. The van der Waals surface area contributed by atoms with E-state index in [0.717, 1.165) is 44.3 Å². The number of hydrogen-bond donors (Lipinski definition) is 2. The number of carbonyl (C=O) groups is 1. The maximum atomic E-state index is 11.0. The average Bonchev–Trinajstić information content (AvgIpc) is 2.48. The van der Waals surface area contributed by atoms with Crippen LogP contribution in [0.3, 0.4) is 0 Å². The van der Waals surface area contributed by atoms with E-state index in [1.807, 2.05) is 0 Å². The number of methoxy groups -OCH3 is 1. The minimum atomic E-state index is -0.125. The van der Waals surface area contributed by atoms with Gasteiger partial charge in [0.25, 0.3) is 0 Å². The van der Waals surface area contributed by atoms with Gasteiger partial charge in [0.1, 0.15) is 0 Å². The molecule has 0 saturated heterocycles. The topological polar surface area (TPSA) is 76.7 Å². The van der Waals surface area contributed by atoms with Crippen molar-refractivity contribution in [1.29, 1.82) is 0 Å². The first kappa shape index (κ1) is 19.0. The van der Waals surface area contributed by atoms with Crippen molar-refractivity contribution in [3.05, 3.63) is 29.3 Å². The Morgan fingerprint density at radius 2 is 1.70 bits per heavy atom. The lowest BCUT2D eigenvalue weighted by molar-refractivity contribution is -0.140. The molecule has 0 atom stereocenters. The fraction of sp³-hybridized carbons (Fsp3) is 0.556. The average molecular weight is 319 g/mol. The first-order valence-corrected chi connectivity index (χ1v) is 8.23. The van der Waals surface area contributed by atoms with Crippen LogP contribution in [0.15, 0.2) is 23.2 Å². The van der Waals surface area contributed by atoms with Gasteiger partial charge in [-0.1, -0.05) is 25.3 Å². The normalized spacial score (nSPS) is 11.3. The van der Waals surface area contributed by atoms with Crippen molar-refractivity contribution in [2.75, 3.05) is 19.0 Å². The number of rotatable bonds is 9. The molecule has 0 aliphatic rings. The van der Waals surface area contributed by atoms with Gasteiger partial charge in [-0.05, 0) is 49.9 Å². The number of aliphatic imine (C=N–C) groups is 1. The van der Waals surface area contributed by atoms with Gasteiger partial charge >= 0.3 is 5.97 Å². The SMILES string of the molecule is COC(=O)CCCCCCCN=C(N)Nc1cc(C)cc(C)c1. The molecule has 0 spiro atoms. The molecule has 0 aliphatic carbocycles. The summed E-state index contributed by atoms with van der Waals surface area (Å²) >= 11 is 0. The number of ether oxygens (including phenoxy) is 1. The monoisotopic (exact) mass is 319 g/mol. The summed E-state index contributed by atoms with van der Waals surface area (Å²) in [5.41, 5.74) is 9.29. The van der Waals surface area contributed by atoms with E-state index in [1.54, 1.807) is 0 Å². The predicted molar refractivity (Wildman–Crippen MR) is 95.7 cm³/mol. The third-order valence-corrected chi connectivity index (χ3v) is 3.54. The molecule has 0 heterocycles. The van der Waals surface area contributed by atoms with Gasteiger partial charge in [-0.2, -0.15) is 0 Å². The summed E-state index contributed by atoms with van der Waals surface area (Å²) in [6.45, 7) is 4.85. The van der Waals surface area contributed by atoms with Gasteiger partial charge in [0.2, 0.25) is 0 Å². The lowest BCUT2D eigenvalue weighted by atomic mass is 10.1. The van der Waals surface area contributed by atoms with Crippen LogP contribution in [0.5, 0.6) is 0 Å². The van der Waals surface area contributed by atoms with E-state index in [-0.39, 0.29) is 5.97 Å². The summed E-state index contributed by atoms with van der Waals surface area (Å²) in [6.07, 6.45) is 5.68. The quantitative estimate of drug-likeness (QED) is 0.316. The Kier molecular flexibility index (Phi) is 8.80. The van der Waals surface area contributed by atoms with E-state index in [4.69, 9.17) is 5.73 Å². The van der Waals surface area contributed by atoms with Crippen molar-refractivity contribution in [2.24, 2.45) is 10.7 Å². The van der Waals surface area contributed by atoms with E-state index in [9.17, 15) is 4.79 Å². The van der Waals surface area contributed by atoms with Crippen LogP contribution in [0.25, 0.3) is 0 Å². The molecule has 1 rings (SSSR count). The van der Waals surface area contributed by atoms with Crippen molar-refractivity contribution < 1.29 is 9.53 Å². The van der Waals surface area contributed by atoms with Gasteiger partial charge in [-0.3, -0.25) is 9.79 Å². The van der Waals surface area contributed by atoms with Crippen molar-refractivity contribution >= 4 is 17.6 Å². The highest BCUT2D eigenvalue weighted by Crippen LogP contribution is 2.13. The molecular weight excluding hydrogens is 290 g/mol. The molecule has 5 nitrogen and oxygen atoms in total. The first-order chi connectivity index (χ1) is 11.0. The summed E-state index contributed by atoms with van der Waals surface area (Å²) in [6, 6.07) is 6.23. The van der Waals surface area contributed by atoms with Crippen molar-refractivity contribution in [3.63, 3.8) is 0 Å². The molecule has 0 aliphatic heterocycles. The van der Waals surface area contributed by atoms with Gasteiger partial charge in [0.05, 0.1) is 7.11 Å². The maximum absolute atomic E-state index is 11.0. The number of hydrogen-bond acceptors (Lipinski definition) is 3. The van der Waals surface area contributed by atoms with Crippen LogP contribution in [-0.2, 0) is 9.53 Å². The lowest BCUT2D eigenvalue weighted by Gasteiger charge is -2.08. The number of nitrogens with two attached hydrogens (primary N) is 1. The Morgan fingerprint density at radius 3 is 2.35 bits per heavy atom. The van der Waals surface area contributed by atoms with Crippen LogP contribution < -0.4 is 11.1 Å². The molecule has 0 amide bonds. The van der Waals surface area contributed by atoms with Crippen molar-refractivity contribution in [1.82, 2.24) is 0 Å². The van der Waals surface area contributed by atoms with E-state index in [2.05, 4.69) is 47.1 Å². The molecule has 5 heteroatoms. The third-order valence-electron chi connectivity index (χ3n) is 3.54. The standard InChI is InChI=1S/C18H29N3O2/c1-14-11-15(2)13-16(12-14)21-18(19)20-10-8-6-4-5-7-9-17(22)23-3/h11-13H,4-10H2,1-3H3,(H3,19,20,21). The first-order valence-electron chi connectivity index (χ1n) is 8.23. The van der Waals surface area contributed by atoms with E-state index >= 15 is 0 Å². The second-order valence-corrected chi connectivity index (χ2v) is 5.86. The van der Waals surface area contributed by atoms with Gasteiger partial charge in [0, 0.05) is 18.7 Å². The molecule has 3 N–H and O–H groups in total. The molecule has 1 aromatic rings. The second-order valence-electron chi connectivity index (χ2n) is 5.86. The number of aryl methyl sites for hydroxylation is 2. The molecule has 1 aromatic carbocycles. The number of benzene rings is 1. The van der Waals surface area contributed by atoms with Crippen molar-refractivity contribution in [3.8, 4) is 0 Å². The maximum Gasteiger partial charge on any atom is 0.305 e. The highest BCUT2D eigenvalue weighted by atomic mass is 16.5. The van der Waals surface area contributed by atoms with Crippen LogP contribution in [0, 0.1) is 13.8 Å². The summed E-state index contributed by atoms with van der Waals surface area (Å²) in [4.78, 5) is 15.3. The largest absolute Gasteiger partial charge is 0.469 e. The second kappa shape index (κ2) is 10.6. The van der Waals surface area contributed by atoms with E-state index < -0.39 is 0 Å². The zero-order valence-electron chi connectivity index (χ0n) is 14.5. The van der Waals surface area contributed by atoms with E-state index in [1.165, 1.54) is 18.2 Å². The predicted octanol–water partition coefficient (Wildman–Crippen LogP) is 3.54. The van der Waals surface area contributed by atoms with Crippen LogP contribution in [0.1, 0.15) is 49.7 Å². The Morgan fingerprint density at radius 1 is 1.09 bits per heavy atom. The number of guanidine groups is 1. The summed E-state index contributed by atoms with van der Waals surface area (Å²) in [5, 5.41) is 3.13. The van der Waals surface area contributed by atoms with Gasteiger partial charge < -0.3 is 15.8 Å². The molecule has 0 bridgehead atoms. The molecule has 0 radical (unpaired) electrons. The Labute approximate surface area is 139 Å². The fourth-order valence-corrected chi connectivity index (χ4v) is 2.45. The van der Waals surface area contributed by atoms with Gasteiger partial charge in [0.15, 0.2) is 5.96 Å². The van der Waals surface area contributed by atoms with Crippen LogP contribution in [-0.4, -0.2) is 25.6 Å². The van der Waals surface area contributed by atoms with Crippen LogP contribution >= 0.6 is 0 Å². The Bertz CT molecular complexity index is 507. The third kappa shape index (κ3) is 8.86. The Balaban J connectivity index is 2.16. The number of nitrogens with zero attached hydrogens (tertiary/aromatic N) is 1.